The summed E-state index contributed by atoms with van der Waals surface area (Å²) in [5.41, 5.74) is -4.33. The highest BCUT2D eigenvalue weighted by Gasteiger charge is 2.39. The average Bonchev–Trinajstić information content (AvgIpc) is 2.43. The molecule has 9 heteroatoms. The molecular weight excluding hydrogens is 328 g/mol. The third kappa shape index (κ3) is 3.38. The van der Waals surface area contributed by atoms with Gasteiger partial charge in [0, 0.05) is 5.39 Å². The van der Waals surface area contributed by atoms with Crippen LogP contribution in [0.15, 0.2) is 24.3 Å². The van der Waals surface area contributed by atoms with E-state index in [2.05, 4.69) is 9.72 Å². The summed E-state index contributed by atoms with van der Waals surface area (Å²) in [7, 11) is 0. The van der Waals surface area contributed by atoms with Crippen molar-refractivity contribution in [2.75, 3.05) is 6.61 Å². The highest BCUT2D eigenvalue weighted by molar-refractivity contribution is 5.96. The van der Waals surface area contributed by atoms with Gasteiger partial charge in [0.1, 0.15) is 0 Å². The minimum absolute atomic E-state index is 0.227. The van der Waals surface area contributed by atoms with Crippen molar-refractivity contribution in [2.24, 2.45) is 0 Å². The first kappa shape index (κ1) is 17.0. The Morgan fingerprint density at radius 1 is 1.13 bits per heavy atom. The summed E-state index contributed by atoms with van der Waals surface area (Å²) < 4.78 is 82.4. The first-order valence-corrected chi connectivity index (χ1v) is 6.31. The van der Waals surface area contributed by atoms with Crippen LogP contribution in [0.5, 0.6) is 0 Å². The van der Waals surface area contributed by atoms with Crippen LogP contribution in [0.3, 0.4) is 0 Å². The number of fused-ring (bicyclic) bond motifs is 1. The zero-order valence-corrected chi connectivity index (χ0v) is 11.5. The Morgan fingerprint density at radius 3 is 2.30 bits per heavy atom. The lowest BCUT2D eigenvalue weighted by atomic mass is 10.0. The smallest absolute Gasteiger partial charge is 0.434 e. The van der Waals surface area contributed by atoms with Gasteiger partial charge in [0.2, 0.25) is 0 Å². The van der Waals surface area contributed by atoms with E-state index in [1.807, 2.05) is 0 Å². The Labute approximate surface area is 125 Å². The molecule has 0 bridgehead atoms. The lowest BCUT2D eigenvalue weighted by Gasteiger charge is -2.15. The Hall–Kier alpha value is -2.32. The SMILES string of the molecule is CCOC(=O)c1cc2c(C(F)(F)F)cccc2nc1C(F)(F)F. The summed E-state index contributed by atoms with van der Waals surface area (Å²) in [5.74, 6) is -1.38. The summed E-state index contributed by atoms with van der Waals surface area (Å²) in [6.45, 7) is 1.13. The van der Waals surface area contributed by atoms with E-state index in [9.17, 15) is 31.1 Å². The van der Waals surface area contributed by atoms with E-state index in [1.54, 1.807) is 0 Å². The molecule has 124 valence electrons. The van der Waals surface area contributed by atoms with Crippen LogP contribution in [-0.2, 0) is 17.1 Å². The van der Waals surface area contributed by atoms with Gasteiger partial charge in [-0.1, -0.05) is 6.07 Å². The Bertz CT molecular complexity index is 751. The van der Waals surface area contributed by atoms with E-state index in [0.29, 0.717) is 12.1 Å². The van der Waals surface area contributed by atoms with Crippen molar-refractivity contribution < 1.29 is 35.9 Å². The molecule has 0 radical (unpaired) electrons. The van der Waals surface area contributed by atoms with Gasteiger partial charge in [0.05, 0.1) is 23.3 Å². The fourth-order valence-corrected chi connectivity index (χ4v) is 2.02. The first-order chi connectivity index (χ1) is 10.6. The van der Waals surface area contributed by atoms with Crippen LogP contribution >= 0.6 is 0 Å². The molecule has 23 heavy (non-hydrogen) atoms. The third-order valence-corrected chi connectivity index (χ3v) is 2.93. The van der Waals surface area contributed by atoms with Crippen molar-refractivity contribution in [1.29, 1.82) is 0 Å². The first-order valence-electron chi connectivity index (χ1n) is 6.31. The lowest BCUT2D eigenvalue weighted by molar-refractivity contribution is -0.141. The second-order valence-electron chi connectivity index (χ2n) is 4.47. The van der Waals surface area contributed by atoms with Gasteiger partial charge in [-0.2, -0.15) is 26.3 Å². The van der Waals surface area contributed by atoms with Crippen molar-refractivity contribution >= 4 is 16.9 Å². The number of hydrogen-bond donors (Lipinski definition) is 0. The molecule has 1 aromatic heterocycles. The molecule has 0 aliphatic carbocycles. The topological polar surface area (TPSA) is 39.2 Å². The largest absolute Gasteiger partial charge is 0.462 e. The summed E-state index contributed by atoms with van der Waals surface area (Å²) >= 11 is 0. The predicted molar refractivity (Wildman–Crippen MR) is 67.7 cm³/mol. The molecule has 2 rings (SSSR count). The van der Waals surface area contributed by atoms with Crippen LogP contribution in [0, 0.1) is 0 Å². The van der Waals surface area contributed by atoms with Gasteiger partial charge < -0.3 is 4.74 Å². The fourth-order valence-electron chi connectivity index (χ4n) is 2.02. The molecule has 0 fully saturated rings. The van der Waals surface area contributed by atoms with Gasteiger partial charge in [-0.05, 0) is 25.1 Å². The fraction of sp³-hybridized carbons (Fsp3) is 0.286. The summed E-state index contributed by atoms with van der Waals surface area (Å²) in [6, 6.07) is 3.18. The van der Waals surface area contributed by atoms with Crippen molar-refractivity contribution in [3.05, 3.63) is 41.1 Å². The quantitative estimate of drug-likeness (QED) is 0.600. The molecule has 0 spiro atoms. The third-order valence-electron chi connectivity index (χ3n) is 2.93. The number of alkyl halides is 6. The average molecular weight is 337 g/mol. The molecule has 0 N–H and O–H groups in total. The summed E-state index contributed by atoms with van der Waals surface area (Å²) in [4.78, 5) is 14.9. The van der Waals surface area contributed by atoms with Gasteiger partial charge in [-0.25, -0.2) is 9.78 Å². The molecule has 0 aliphatic heterocycles. The maximum atomic E-state index is 13.0. The number of nitrogens with zero attached hydrogens (tertiary/aromatic N) is 1. The van der Waals surface area contributed by atoms with Crippen LogP contribution < -0.4 is 0 Å². The molecule has 2 aromatic rings. The van der Waals surface area contributed by atoms with Crippen molar-refractivity contribution in [3.8, 4) is 0 Å². The normalized spacial score (nSPS) is 12.5. The van der Waals surface area contributed by atoms with Crippen LogP contribution in [0.2, 0.25) is 0 Å². The second-order valence-corrected chi connectivity index (χ2v) is 4.47. The maximum Gasteiger partial charge on any atom is 0.434 e. The lowest BCUT2D eigenvalue weighted by Crippen LogP contribution is -2.18. The molecule has 1 aromatic carbocycles. The van der Waals surface area contributed by atoms with Gasteiger partial charge in [0.15, 0.2) is 5.69 Å². The molecule has 0 saturated heterocycles. The Morgan fingerprint density at radius 2 is 1.78 bits per heavy atom. The van der Waals surface area contributed by atoms with Gasteiger partial charge >= 0.3 is 18.3 Å². The molecule has 0 amide bonds. The van der Waals surface area contributed by atoms with E-state index in [1.165, 1.54) is 6.92 Å². The van der Waals surface area contributed by atoms with E-state index in [0.717, 1.165) is 12.1 Å². The Balaban J connectivity index is 2.82. The number of aromatic nitrogens is 1. The number of hydrogen-bond acceptors (Lipinski definition) is 3. The number of halogens is 6. The van der Waals surface area contributed by atoms with Gasteiger partial charge in [-0.15, -0.1) is 0 Å². The summed E-state index contributed by atoms with van der Waals surface area (Å²) in [6.07, 6.45) is -9.81. The van der Waals surface area contributed by atoms with Crippen molar-refractivity contribution in [3.63, 3.8) is 0 Å². The number of pyridine rings is 1. The van der Waals surface area contributed by atoms with Crippen LogP contribution in [0.25, 0.3) is 10.9 Å². The van der Waals surface area contributed by atoms with E-state index >= 15 is 0 Å². The zero-order chi connectivity index (χ0) is 17.4. The molecule has 0 aliphatic rings. The molecule has 1 heterocycles. The maximum absolute atomic E-state index is 13.0. The minimum atomic E-state index is -5.01. The van der Waals surface area contributed by atoms with Crippen LogP contribution in [0.1, 0.15) is 28.5 Å². The highest BCUT2D eigenvalue weighted by atomic mass is 19.4. The van der Waals surface area contributed by atoms with Gasteiger partial charge in [-0.3, -0.25) is 0 Å². The molecule has 0 atom stereocenters. The van der Waals surface area contributed by atoms with Crippen LogP contribution in [0.4, 0.5) is 26.3 Å². The standard InChI is InChI=1S/C14H9F6NO2/c1-2-23-12(22)8-6-7-9(13(15,16)17)4-3-5-10(7)21-11(8)14(18,19)20/h3-6H,2H2,1H3. The minimum Gasteiger partial charge on any atom is -0.462 e. The van der Waals surface area contributed by atoms with E-state index in [-0.39, 0.29) is 6.61 Å². The summed E-state index contributed by atoms with van der Waals surface area (Å²) in [5, 5.41) is -0.601. The van der Waals surface area contributed by atoms with E-state index in [4.69, 9.17) is 0 Å². The van der Waals surface area contributed by atoms with E-state index < -0.39 is 46.0 Å². The number of ether oxygens (including phenoxy) is 1. The number of benzene rings is 1. The number of carbonyl (C=O) groups is 1. The molecule has 0 unspecified atom stereocenters. The molecular formula is C14H9F6NO2. The molecule has 3 nitrogen and oxygen atoms in total. The monoisotopic (exact) mass is 337 g/mol. The zero-order valence-electron chi connectivity index (χ0n) is 11.5. The van der Waals surface area contributed by atoms with Gasteiger partial charge in [0.25, 0.3) is 0 Å². The van der Waals surface area contributed by atoms with Crippen molar-refractivity contribution in [2.45, 2.75) is 19.3 Å². The number of rotatable bonds is 2. The van der Waals surface area contributed by atoms with Crippen molar-refractivity contribution in [1.82, 2.24) is 4.98 Å². The Kier molecular flexibility index (Phi) is 4.23. The highest BCUT2D eigenvalue weighted by Crippen LogP contribution is 2.38. The predicted octanol–water partition coefficient (Wildman–Crippen LogP) is 4.45. The second kappa shape index (κ2) is 5.71. The van der Waals surface area contributed by atoms with Crippen LogP contribution in [-0.4, -0.2) is 17.6 Å². The number of carbonyl (C=O) groups excluding carboxylic acids is 1. The number of esters is 1. The molecule has 0 saturated carbocycles.